The van der Waals surface area contributed by atoms with Gasteiger partial charge in [0, 0.05) is 38.0 Å². The van der Waals surface area contributed by atoms with Gasteiger partial charge in [0.15, 0.2) is 0 Å². The number of hydrogen-bond acceptors (Lipinski definition) is 4. The van der Waals surface area contributed by atoms with Gasteiger partial charge in [-0.05, 0) is 31.7 Å². The third kappa shape index (κ3) is 2.81. The number of aliphatic hydroxyl groups excluding tert-OH is 1. The van der Waals surface area contributed by atoms with E-state index in [0.29, 0.717) is 11.6 Å². The number of hydrogen-bond donors (Lipinski definition) is 1. The lowest BCUT2D eigenvalue weighted by molar-refractivity contribution is 0.219. The Morgan fingerprint density at radius 1 is 1.44 bits per heavy atom. The Morgan fingerprint density at radius 2 is 2.28 bits per heavy atom. The lowest BCUT2D eigenvalue weighted by Gasteiger charge is -2.41. The highest BCUT2D eigenvalue weighted by Crippen LogP contribution is 2.22. The van der Waals surface area contributed by atoms with Crippen molar-refractivity contribution < 1.29 is 5.11 Å². The lowest BCUT2D eigenvalue weighted by Crippen LogP contribution is -2.52. The lowest BCUT2D eigenvalue weighted by atomic mass is 10.1. The van der Waals surface area contributed by atoms with Gasteiger partial charge in [0.2, 0.25) is 0 Å². The van der Waals surface area contributed by atoms with E-state index >= 15 is 0 Å². The summed E-state index contributed by atoms with van der Waals surface area (Å²) in [5.74, 6) is 0. The highest BCUT2D eigenvalue weighted by atomic mass is 16.3. The normalized spacial score (nSPS) is 20.7. The molecule has 1 aromatic carbocycles. The van der Waals surface area contributed by atoms with E-state index in [1.165, 1.54) is 0 Å². The summed E-state index contributed by atoms with van der Waals surface area (Å²) in [6, 6.07) is 10.2. The summed E-state index contributed by atoms with van der Waals surface area (Å²) in [6.45, 7) is 3.11. The van der Waals surface area contributed by atoms with E-state index in [-0.39, 0.29) is 6.61 Å². The number of aliphatic hydroxyl groups is 1. The van der Waals surface area contributed by atoms with E-state index in [1.54, 1.807) is 0 Å². The molecule has 0 spiro atoms. The van der Waals surface area contributed by atoms with Crippen molar-refractivity contribution >= 4 is 5.69 Å². The molecule has 1 atom stereocenters. The number of rotatable bonds is 3. The number of piperazine rings is 1. The van der Waals surface area contributed by atoms with Gasteiger partial charge in [-0.1, -0.05) is 6.07 Å². The van der Waals surface area contributed by atoms with Crippen molar-refractivity contribution in [2.24, 2.45) is 0 Å². The molecule has 0 aliphatic carbocycles. The Kier molecular flexibility index (Phi) is 4.19. The van der Waals surface area contributed by atoms with Gasteiger partial charge < -0.3 is 14.9 Å². The predicted molar refractivity (Wildman–Crippen MR) is 71.5 cm³/mol. The predicted octanol–water partition coefficient (Wildman–Crippen LogP) is 1.06. The van der Waals surface area contributed by atoms with E-state index in [2.05, 4.69) is 22.9 Å². The summed E-state index contributed by atoms with van der Waals surface area (Å²) in [7, 11) is 2.10. The van der Waals surface area contributed by atoms with Crippen molar-refractivity contribution in [3.63, 3.8) is 0 Å². The molecule has 2 rings (SSSR count). The maximum atomic E-state index is 9.17. The van der Waals surface area contributed by atoms with Gasteiger partial charge in [0.25, 0.3) is 0 Å². The van der Waals surface area contributed by atoms with Crippen LogP contribution in [0.15, 0.2) is 24.3 Å². The third-order valence-electron chi connectivity index (χ3n) is 3.46. The molecule has 1 N–H and O–H groups in total. The van der Waals surface area contributed by atoms with Crippen LogP contribution in [0.5, 0.6) is 0 Å². The standard InChI is InChI=1S/C14H19N3O/c1-16-6-7-17(14(11-16)5-8-18)13-4-2-3-12(9-13)10-15/h2-4,9,14,18H,5-8,11H2,1H3. The maximum absolute atomic E-state index is 9.17. The fraction of sp³-hybridized carbons (Fsp3) is 0.500. The minimum Gasteiger partial charge on any atom is -0.396 e. The second kappa shape index (κ2) is 5.85. The van der Waals surface area contributed by atoms with Gasteiger partial charge in [-0.15, -0.1) is 0 Å². The number of nitrogens with zero attached hydrogens (tertiary/aromatic N) is 3. The van der Waals surface area contributed by atoms with Crippen molar-refractivity contribution in [1.82, 2.24) is 4.90 Å². The van der Waals surface area contributed by atoms with Crippen LogP contribution in [-0.4, -0.2) is 49.3 Å². The minimum atomic E-state index is 0.201. The Balaban J connectivity index is 2.21. The average Bonchev–Trinajstić information content (AvgIpc) is 2.39. The molecule has 1 saturated heterocycles. The van der Waals surface area contributed by atoms with Crippen molar-refractivity contribution in [3.8, 4) is 6.07 Å². The minimum absolute atomic E-state index is 0.201. The van der Waals surface area contributed by atoms with E-state index in [1.807, 2.05) is 24.3 Å². The molecule has 4 heteroatoms. The number of nitriles is 1. The highest BCUT2D eigenvalue weighted by Gasteiger charge is 2.24. The molecule has 0 saturated carbocycles. The average molecular weight is 245 g/mol. The SMILES string of the molecule is CN1CCN(c2cccc(C#N)c2)C(CCO)C1. The molecule has 96 valence electrons. The Labute approximate surface area is 108 Å². The number of benzene rings is 1. The molecule has 0 amide bonds. The van der Waals surface area contributed by atoms with Crippen LogP contribution >= 0.6 is 0 Å². The van der Waals surface area contributed by atoms with Crippen LogP contribution in [0.3, 0.4) is 0 Å². The second-order valence-electron chi connectivity index (χ2n) is 4.78. The Bertz CT molecular complexity index is 441. The molecular formula is C14H19N3O. The zero-order valence-electron chi connectivity index (χ0n) is 10.7. The van der Waals surface area contributed by atoms with Crippen LogP contribution in [-0.2, 0) is 0 Å². The molecule has 18 heavy (non-hydrogen) atoms. The first-order valence-corrected chi connectivity index (χ1v) is 6.31. The van der Waals surface area contributed by atoms with Gasteiger partial charge in [0.05, 0.1) is 11.6 Å². The molecule has 1 aliphatic heterocycles. The first-order valence-electron chi connectivity index (χ1n) is 6.31. The summed E-state index contributed by atoms with van der Waals surface area (Å²) >= 11 is 0. The highest BCUT2D eigenvalue weighted by molar-refractivity contribution is 5.52. The smallest absolute Gasteiger partial charge is 0.0992 e. The van der Waals surface area contributed by atoms with E-state index in [0.717, 1.165) is 31.7 Å². The van der Waals surface area contributed by atoms with Crippen molar-refractivity contribution in [2.75, 3.05) is 38.2 Å². The topological polar surface area (TPSA) is 50.5 Å². The van der Waals surface area contributed by atoms with E-state index in [4.69, 9.17) is 5.26 Å². The van der Waals surface area contributed by atoms with Crippen molar-refractivity contribution in [3.05, 3.63) is 29.8 Å². The second-order valence-corrected chi connectivity index (χ2v) is 4.78. The molecule has 1 unspecified atom stereocenters. The summed E-state index contributed by atoms with van der Waals surface area (Å²) in [5, 5.41) is 18.1. The molecule has 1 fully saturated rings. The molecule has 1 aromatic rings. The number of anilines is 1. The van der Waals surface area contributed by atoms with Crippen LogP contribution in [0.1, 0.15) is 12.0 Å². The molecule has 0 aromatic heterocycles. The van der Waals surface area contributed by atoms with Gasteiger partial charge >= 0.3 is 0 Å². The molecule has 0 bridgehead atoms. The summed E-state index contributed by atoms with van der Waals surface area (Å²) in [6.07, 6.45) is 0.765. The fourth-order valence-electron chi connectivity index (χ4n) is 2.50. The van der Waals surface area contributed by atoms with Crippen LogP contribution in [0.4, 0.5) is 5.69 Å². The maximum Gasteiger partial charge on any atom is 0.0992 e. The molecule has 4 nitrogen and oxygen atoms in total. The van der Waals surface area contributed by atoms with Gasteiger partial charge in [-0.3, -0.25) is 0 Å². The van der Waals surface area contributed by atoms with Crippen molar-refractivity contribution in [2.45, 2.75) is 12.5 Å². The van der Waals surface area contributed by atoms with E-state index < -0.39 is 0 Å². The van der Waals surface area contributed by atoms with Gasteiger partial charge in [0.1, 0.15) is 0 Å². The fourth-order valence-corrected chi connectivity index (χ4v) is 2.50. The van der Waals surface area contributed by atoms with E-state index in [9.17, 15) is 5.11 Å². The summed E-state index contributed by atoms with van der Waals surface area (Å²) < 4.78 is 0. The molecule has 0 radical (unpaired) electrons. The zero-order chi connectivity index (χ0) is 13.0. The van der Waals surface area contributed by atoms with Gasteiger partial charge in [-0.2, -0.15) is 5.26 Å². The zero-order valence-corrected chi connectivity index (χ0v) is 10.7. The van der Waals surface area contributed by atoms with Gasteiger partial charge in [-0.25, -0.2) is 0 Å². The summed E-state index contributed by atoms with van der Waals surface area (Å²) in [5.41, 5.74) is 1.77. The van der Waals surface area contributed by atoms with Crippen LogP contribution in [0.25, 0.3) is 0 Å². The van der Waals surface area contributed by atoms with Crippen molar-refractivity contribution in [1.29, 1.82) is 5.26 Å². The number of likely N-dealkylation sites (N-methyl/N-ethyl adjacent to an activating group) is 1. The monoisotopic (exact) mass is 245 g/mol. The third-order valence-corrected chi connectivity index (χ3v) is 3.46. The summed E-state index contributed by atoms with van der Waals surface area (Å²) in [4.78, 5) is 4.59. The quantitative estimate of drug-likeness (QED) is 0.865. The van der Waals surface area contributed by atoms with Crippen LogP contribution < -0.4 is 4.90 Å². The molecular weight excluding hydrogens is 226 g/mol. The van der Waals surface area contributed by atoms with Crippen LogP contribution in [0.2, 0.25) is 0 Å². The molecule has 1 aliphatic rings. The molecule has 1 heterocycles. The Hall–Kier alpha value is -1.57. The van der Waals surface area contributed by atoms with Crippen LogP contribution in [0, 0.1) is 11.3 Å². The largest absolute Gasteiger partial charge is 0.396 e. The Morgan fingerprint density at radius 3 is 3.00 bits per heavy atom. The first kappa shape index (κ1) is 12.9. The first-order chi connectivity index (χ1) is 8.74.